The standard InChI is InChI=1S/C11H11ClN2OS/c1-3-14-10(15)8-6-7(12)4-5-9(8)13-11(14)16-2/h4-6H,3H2,1-2H3. The Kier molecular flexibility index (Phi) is 3.21. The van der Waals surface area contributed by atoms with Gasteiger partial charge < -0.3 is 0 Å². The second-order valence-electron chi connectivity index (χ2n) is 3.31. The highest BCUT2D eigenvalue weighted by atomic mass is 35.5. The van der Waals surface area contributed by atoms with E-state index in [4.69, 9.17) is 11.6 Å². The third kappa shape index (κ3) is 1.83. The Morgan fingerprint density at radius 1 is 1.50 bits per heavy atom. The van der Waals surface area contributed by atoms with Gasteiger partial charge in [0.2, 0.25) is 0 Å². The molecule has 0 N–H and O–H groups in total. The lowest BCUT2D eigenvalue weighted by Crippen LogP contribution is -2.22. The van der Waals surface area contributed by atoms with Gasteiger partial charge in [0.25, 0.3) is 5.56 Å². The lowest BCUT2D eigenvalue weighted by Gasteiger charge is -2.09. The minimum Gasteiger partial charge on any atom is -0.287 e. The first-order valence-electron chi connectivity index (χ1n) is 4.91. The molecule has 0 aliphatic heterocycles. The van der Waals surface area contributed by atoms with Crippen molar-refractivity contribution >= 4 is 34.3 Å². The molecule has 0 atom stereocenters. The molecule has 0 fully saturated rings. The van der Waals surface area contributed by atoms with Gasteiger partial charge in [-0.3, -0.25) is 9.36 Å². The first kappa shape index (κ1) is 11.5. The molecule has 0 aliphatic rings. The molecule has 16 heavy (non-hydrogen) atoms. The van der Waals surface area contributed by atoms with E-state index in [1.165, 1.54) is 11.8 Å². The molecule has 0 saturated carbocycles. The van der Waals surface area contributed by atoms with Gasteiger partial charge in [0, 0.05) is 11.6 Å². The maximum atomic E-state index is 12.1. The van der Waals surface area contributed by atoms with Crippen molar-refractivity contribution in [2.45, 2.75) is 18.6 Å². The summed E-state index contributed by atoms with van der Waals surface area (Å²) in [5.74, 6) is 0. The third-order valence-electron chi connectivity index (χ3n) is 2.38. The van der Waals surface area contributed by atoms with E-state index in [0.717, 1.165) is 5.16 Å². The Balaban J connectivity index is 2.88. The summed E-state index contributed by atoms with van der Waals surface area (Å²) in [7, 11) is 0. The zero-order valence-electron chi connectivity index (χ0n) is 9.03. The number of benzene rings is 1. The Morgan fingerprint density at radius 2 is 2.25 bits per heavy atom. The first-order chi connectivity index (χ1) is 7.67. The summed E-state index contributed by atoms with van der Waals surface area (Å²) in [4.78, 5) is 16.6. The van der Waals surface area contributed by atoms with Crippen LogP contribution in [0.3, 0.4) is 0 Å². The summed E-state index contributed by atoms with van der Waals surface area (Å²) in [5.41, 5.74) is 0.669. The van der Waals surface area contributed by atoms with E-state index >= 15 is 0 Å². The number of rotatable bonds is 2. The first-order valence-corrected chi connectivity index (χ1v) is 6.51. The molecule has 3 nitrogen and oxygen atoms in total. The van der Waals surface area contributed by atoms with E-state index in [2.05, 4.69) is 4.98 Å². The largest absolute Gasteiger partial charge is 0.287 e. The molecule has 2 rings (SSSR count). The number of nitrogens with zero attached hydrogens (tertiary/aromatic N) is 2. The molecule has 0 aliphatic carbocycles. The molecule has 1 aromatic heterocycles. The van der Waals surface area contributed by atoms with Crippen molar-refractivity contribution in [2.24, 2.45) is 0 Å². The van der Waals surface area contributed by atoms with Crippen molar-refractivity contribution in [2.75, 3.05) is 6.26 Å². The topological polar surface area (TPSA) is 34.9 Å². The molecule has 2 aromatic rings. The predicted molar refractivity (Wildman–Crippen MR) is 68.5 cm³/mol. The van der Waals surface area contributed by atoms with Gasteiger partial charge in [0.1, 0.15) is 0 Å². The van der Waals surface area contributed by atoms with E-state index in [1.54, 1.807) is 22.8 Å². The van der Waals surface area contributed by atoms with Crippen LogP contribution >= 0.6 is 23.4 Å². The zero-order valence-corrected chi connectivity index (χ0v) is 10.6. The van der Waals surface area contributed by atoms with Crippen LogP contribution in [0.1, 0.15) is 6.92 Å². The van der Waals surface area contributed by atoms with Crippen molar-refractivity contribution in [3.05, 3.63) is 33.6 Å². The lowest BCUT2D eigenvalue weighted by molar-refractivity contribution is 0.635. The summed E-state index contributed by atoms with van der Waals surface area (Å²) in [6.07, 6.45) is 1.91. The number of hydrogen-bond donors (Lipinski definition) is 0. The Morgan fingerprint density at radius 3 is 2.88 bits per heavy atom. The highest BCUT2D eigenvalue weighted by Gasteiger charge is 2.08. The minimum absolute atomic E-state index is 0.0284. The van der Waals surface area contributed by atoms with Crippen LogP contribution in [-0.2, 0) is 6.54 Å². The van der Waals surface area contributed by atoms with Gasteiger partial charge in [-0.25, -0.2) is 4.98 Å². The van der Waals surface area contributed by atoms with E-state index in [-0.39, 0.29) is 5.56 Å². The van der Waals surface area contributed by atoms with Gasteiger partial charge in [-0.1, -0.05) is 23.4 Å². The SMILES string of the molecule is CCn1c(SC)nc2ccc(Cl)cc2c1=O. The van der Waals surface area contributed by atoms with Crippen LogP contribution in [0.4, 0.5) is 0 Å². The van der Waals surface area contributed by atoms with Crippen LogP contribution in [0.15, 0.2) is 28.2 Å². The van der Waals surface area contributed by atoms with Crippen molar-refractivity contribution in [3.63, 3.8) is 0 Å². The van der Waals surface area contributed by atoms with Crippen LogP contribution < -0.4 is 5.56 Å². The van der Waals surface area contributed by atoms with Crippen molar-refractivity contribution < 1.29 is 0 Å². The van der Waals surface area contributed by atoms with Crippen LogP contribution in [-0.4, -0.2) is 15.8 Å². The molecule has 0 unspecified atom stereocenters. The van der Waals surface area contributed by atoms with E-state index in [0.29, 0.717) is 22.5 Å². The second-order valence-corrected chi connectivity index (χ2v) is 4.52. The van der Waals surface area contributed by atoms with Crippen molar-refractivity contribution in [3.8, 4) is 0 Å². The molecule has 0 radical (unpaired) electrons. The molecule has 0 bridgehead atoms. The normalized spacial score (nSPS) is 10.9. The molecule has 84 valence electrons. The Hall–Kier alpha value is -1.00. The molecule has 1 aromatic carbocycles. The Labute approximate surface area is 102 Å². The Bertz CT molecular complexity index is 594. The number of halogens is 1. The number of fused-ring (bicyclic) bond motifs is 1. The van der Waals surface area contributed by atoms with E-state index < -0.39 is 0 Å². The monoisotopic (exact) mass is 254 g/mol. The van der Waals surface area contributed by atoms with Gasteiger partial charge in [0.15, 0.2) is 5.16 Å². The maximum Gasteiger partial charge on any atom is 0.262 e. The number of hydrogen-bond acceptors (Lipinski definition) is 3. The van der Waals surface area contributed by atoms with Crippen molar-refractivity contribution in [1.29, 1.82) is 0 Å². The molecule has 5 heteroatoms. The van der Waals surface area contributed by atoms with Gasteiger partial charge in [-0.05, 0) is 31.4 Å². The van der Waals surface area contributed by atoms with Crippen LogP contribution in [0, 0.1) is 0 Å². The summed E-state index contributed by atoms with van der Waals surface area (Å²) in [6, 6.07) is 5.19. The third-order valence-corrected chi connectivity index (χ3v) is 3.29. The lowest BCUT2D eigenvalue weighted by atomic mass is 10.2. The highest BCUT2D eigenvalue weighted by molar-refractivity contribution is 7.98. The van der Waals surface area contributed by atoms with Crippen LogP contribution in [0.5, 0.6) is 0 Å². The van der Waals surface area contributed by atoms with Gasteiger partial charge >= 0.3 is 0 Å². The average Bonchev–Trinajstić information content (AvgIpc) is 2.29. The highest BCUT2D eigenvalue weighted by Crippen LogP contribution is 2.18. The maximum absolute atomic E-state index is 12.1. The zero-order chi connectivity index (χ0) is 11.7. The average molecular weight is 255 g/mol. The van der Waals surface area contributed by atoms with Crippen molar-refractivity contribution in [1.82, 2.24) is 9.55 Å². The van der Waals surface area contributed by atoms with E-state index in [9.17, 15) is 4.79 Å². The van der Waals surface area contributed by atoms with Crippen LogP contribution in [0.25, 0.3) is 10.9 Å². The second kappa shape index (κ2) is 4.47. The fourth-order valence-electron chi connectivity index (χ4n) is 1.61. The van der Waals surface area contributed by atoms with Gasteiger partial charge in [-0.15, -0.1) is 0 Å². The molecular weight excluding hydrogens is 244 g/mol. The smallest absolute Gasteiger partial charge is 0.262 e. The fraction of sp³-hybridized carbons (Fsp3) is 0.273. The molecule has 0 spiro atoms. The quantitative estimate of drug-likeness (QED) is 0.611. The summed E-state index contributed by atoms with van der Waals surface area (Å²) in [5, 5.41) is 1.88. The molecular formula is C11H11ClN2OS. The minimum atomic E-state index is -0.0284. The number of aromatic nitrogens is 2. The summed E-state index contributed by atoms with van der Waals surface area (Å²) >= 11 is 7.35. The fourth-order valence-corrected chi connectivity index (χ4v) is 2.40. The molecule has 1 heterocycles. The van der Waals surface area contributed by atoms with Gasteiger partial charge in [0.05, 0.1) is 10.9 Å². The summed E-state index contributed by atoms with van der Waals surface area (Å²) in [6.45, 7) is 2.55. The van der Waals surface area contributed by atoms with E-state index in [1.807, 2.05) is 13.2 Å². The van der Waals surface area contributed by atoms with Crippen LogP contribution in [0.2, 0.25) is 5.02 Å². The predicted octanol–water partition coefficient (Wildman–Crippen LogP) is 2.79. The number of thioether (sulfide) groups is 1. The summed E-state index contributed by atoms with van der Waals surface area (Å²) < 4.78 is 1.66. The molecule has 0 amide bonds. The van der Waals surface area contributed by atoms with Gasteiger partial charge in [-0.2, -0.15) is 0 Å². The molecule has 0 saturated heterocycles.